The molecule has 0 saturated carbocycles. The average Bonchev–Trinajstić information content (AvgIpc) is 2.52. The SMILES string of the molecule is COc1cccc(C2CNCCN2C(=O)OC(C)(C)C)c1OC. The molecule has 0 bridgehead atoms. The fraction of sp³-hybridized carbons (Fsp3) is 0.588. The lowest BCUT2D eigenvalue weighted by atomic mass is 10.0. The highest BCUT2D eigenvalue weighted by atomic mass is 16.6. The molecule has 0 spiro atoms. The van der Waals surface area contributed by atoms with Crippen molar-refractivity contribution in [2.24, 2.45) is 0 Å². The van der Waals surface area contributed by atoms with Crippen LogP contribution in [-0.4, -0.2) is 50.4 Å². The number of nitrogens with zero attached hydrogens (tertiary/aromatic N) is 1. The smallest absolute Gasteiger partial charge is 0.410 e. The lowest BCUT2D eigenvalue weighted by Crippen LogP contribution is -2.50. The van der Waals surface area contributed by atoms with Gasteiger partial charge < -0.3 is 19.5 Å². The van der Waals surface area contributed by atoms with Crippen molar-refractivity contribution in [1.29, 1.82) is 0 Å². The number of amides is 1. The minimum absolute atomic E-state index is 0.163. The molecule has 1 unspecified atom stereocenters. The summed E-state index contributed by atoms with van der Waals surface area (Å²) >= 11 is 0. The Balaban J connectivity index is 2.33. The molecule has 1 heterocycles. The summed E-state index contributed by atoms with van der Waals surface area (Å²) < 4.78 is 16.4. The third-order valence-electron chi connectivity index (χ3n) is 3.66. The van der Waals surface area contributed by atoms with E-state index in [-0.39, 0.29) is 12.1 Å². The number of ether oxygens (including phenoxy) is 3. The largest absolute Gasteiger partial charge is 0.493 e. The standard InChI is InChI=1S/C17H26N2O4/c1-17(2,3)23-16(20)19-10-9-18-11-13(19)12-7-6-8-14(21-4)15(12)22-5/h6-8,13,18H,9-11H2,1-5H3. The molecule has 6 nitrogen and oxygen atoms in total. The molecule has 1 aromatic rings. The number of benzene rings is 1. The molecule has 1 N–H and O–H groups in total. The van der Waals surface area contributed by atoms with E-state index in [9.17, 15) is 4.79 Å². The Morgan fingerprint density at radius 2 is 2.00 bits per heavy atom. The van der Waals surface area contributed by atoms with Crippen molar-refractivity contribution in [3.8, 4) is 11.5 Å². The number of hydrogen-bond donors (Lipinski definition) is 1. The molecule has 0 aliphatic carbocycles. The van der Waals surface area contributed by atoms with E-state index in [1.807, 2.05) is 39.0 Å². The molecular weight excluding hydrogens is 296 g/mol. The maximum atomic E-state index is 12.6. The van der Waals surface area contributed by atoms with Gasteiger partial charge in [0.1, 0.15) is 5.60 Å². The molecule has 1 aromatic carbocycles. The number of hydrogen-bond acceptors (Lipinski definition) is 5. The second-order valence-electron chi connectivity index (χ2n) is 6.48. The highest BCUT2D eigenvalue weighted by Crippen LogP contribution is 2.37. The highest BCUT2D eigenvalue weighted by Gasteiger charge is 2.33. The molecule has 6 heteroatoms. The Labute approximate surface area is 137 Å². The maximum absolute atomic E-state index is 12.6. The second kappa shape index (κ2) is 7.08. The minimum Gasteiger partial charge on any atom is -0.493 e. The molecule has 0 aromatic heterocycles. The fourth-order valence-corrected chi connectivity index (χ4v) is 2.70. The predicted octanol–water partition coefficient (Wildman–Crippen LogP) is 2.59. The predicted molar refractivity (Wildman–Crippen MR) is 88.1 cm³/mol. The summed E-state index contributed by atoms with van der Waals surface area (Å²) in [4.78, 5) is 14.3. The van der Waals surface area contributed by atoms with E-state index in [1.165, 1.54) is 0 Å². The Morgan fingerprint density at radius 1 is 1.26 bits per heavy atom. The van der Waals surface area contributed by atoms with Crippen LogP contribution in [0, 0.1) is 0 Å². The molecule has 128 valence electrons. The third-order valence-corrected chi connectivity index (χ3v) is 3.66. The third kappa shape index (κ3) is 4.07. The van der Waals surface area contributed by atoms with Crippen molar-refractivity contribution in [2.75, 3.05) is 33.9 Å². The van der Waals surface area contributed by atoms with Crippen molar-refractivity contribution >= 4 is 6.09 Å². The van der Waals surface area contributed by atoms with Gasteiger partial charge in [0.15, 0.2) is 11.5 Å². The van der Waals surface area contributed by atoms with Gasteiger partial charge in [0, 0.05) is 25.2 Å². The van der Waals surface area contributed by atoms with Crippen LogP contribution in [0.25, 0.3) is 0 Å². The molecule has 1 amide bonds. The van der Waals surface area contributed by atoms with Crippen LogP contribution in [0.5, 0.6) is 11.5 Å². The van der Waals surface area contributed by atoms with Gasteiger partial charge >= 0.3 is 6.09 Å². The van der Waals surface area contributed by atoms with Crippen LogP contribution in [0.2, 0.25) is 0 Å². The lowest BCUT2D eigenvalue weighted by molar-refractivity contribution is 0.0115. The van der Waals surface area contributed by atoms with Gasteiger partial charge in [-0.15, -0.1) is 0 Å². The summed E-state index contributed by atoms with van der Waals surface area (Å²) in [6.07, 6.45) is -0.311. The highest BCUT2D eigenvalue weighted by molar-refractivity contribution is 5.69. The first kappa shape index (κ1) is 17.4. The number of carbonyl (C=O) groups excluding carboxylic acids is 1. The summed E-state index contributed by atoms with van der Waals surface area (Å²) in [7, 11) is 3.21. The van der Waals surface area contributed by atoms with Crippen LogP contribution in [0.3, 0.4) is 0 Å². The van der Waals surface area contributed by atoms with Crippen LogP contribution in [0.1, 0.15) is 32.4 Å². The summed E-state index contributed by atoms with van der Waals surface area (Å²) in [5, 5.41) is 3.32. The van der Waals surface area contributed by atoms with Crippen LogP contribution in [-0.2, 0) is 4.74 Å². The zero-order valence-corrected chi connectivity index (χ0v) is 14.5. The fourth-order valence-electron chi connectivity index (χ4n) is 2.70. The summed E-state index contributed by atoms with van der Waals surface area (Å²) in [6.45, 7) is 7.57. The molecule has 1 fully saturated rings. The molecule has 0 radical (unpaired) electrons. The van der Waals surface area contributed by atoms with Gasteiger partial charge in [-0.05, 0) is 26.8 Å². The molecule has 1 aliphatic heterocycles. The maximum Gasteiger partial charge on any atom is 0.410 e. The number of rotatable bonds is 3. The molecule has 1 atom stereocenters. The van der Waals surface area contributed by atoms with Crippen LogP contribution in [0.15, 0.2) is 18.2 Å². The molecule has 1 aliphatic rings. The number of piperazine rings is 1. The van der Waals surface area contributed by atoms with Crippen molar-refractivity contribution in [3.63, 3.8) is 0 Å². The number of para-hydroxylation sites is 1. The summed E-state index contributed by atoms with van der Waals surface area (Å²) in [6, 6.07) is 5.54. The van der Waals surface area contributed by atoms with Gasteiger partial charge in [-0.3, -0.25) is 4.90 Å². The lowest BCUT2D eigenvalue weighted by Gasteiger charge is -2.37. The summed E-state index contributed by atoms with van der Waals surface area (Å²) in [5.74, 6) is 1.30. The van der Waals surface area contributed by atoms with Crippen LogP contribution >= 0.6 is 0 Å². The molecular formula is C17H26N2O4. The van der Waals surface area contributed by atoms with E-state index in [2.05, 4.69) is 5.32 Å². The van der Waals surface area contributed by atoms with Crippen molar-refractivity contribution < 1.29 is 19.0 Å². The van der Waals surface area contributed by atoms with Crippen molar-refractivity contribution in [1.82, 2.24) is 10.2 Å². The van der Waals surface area contributed by atoms with Gasteiger partial charge in [0.2, 0.25) is 0 Å². The number of nitrogens with one attached hydrogen (secondary N) is 1. The topological polar surface area (TPSA) is 60.0 Å². The zero-order valence-electron chi connectivity index (χ0n) is 14.5. The minimum atomic E-state index is -0.523. The average molecular weight is 322 g/mol. The first-order valence-electron chi connectivity index (χ1n) is 7.78. The normalized spacial score (nSPS) is 18.5. The van der Waals surface area contributed by atoms with Crippen molar-refractivity contribution in [2.45, 2.75) is 32.4 Å². The Morgan fingerprint density at radius 3 is 2.61 bits per heavy atom. The Bertz CT molecular complexity index is 554. The zero-order chi connectivity index (χ0) is 17.0. The first-order valence-corrected chi connectivity index (χ1v) is 7.78. The van der Waals surface area contributed by atoms with Gasteiger partial charge in [-0.2, -0.15) is 0 Å². The molecule has 23 heavy (non-hydrogen) atoms. The second-order valence-corrected chi connectivity index (χ2v) is 6.48. The van der Waals surface area contributed by atoms with Gasteiger partial charge in [0.05, 0.1) is 20.3 Å². The van der Waals surface area contributed by atoms with Crippen LogP contribution in [0.4, 0.5) is 4.79 Å². The number of carbonyl (C=O) groups is 1. The van der Waals surface area contributed by atoms with E-state index in [1.54, 1.807) is 19.1 Å². The van der Waals surface area contributed by atoms with E-state index in [4.69, 9.17) is 14.2 Å². The van der Waals surface area contributed by atoms with Gasteiger partial charge in [-0.1, -0.05) is 12.1 Å². The number of methoxy groups -OCH3 is 2. The Kier molecular flexibility index (Phi) is 5.36. The van der Waals surface area contributed by atoms with Gasteiger partial charge in [-0.25, -0.2) is 4.79 Å². The first-order chi connectivity index (χ1) is 10.9. The monoisotopic (exact) mass is 322 g/mol. The van der Waals surface area contributed by atoms with Crippen LogP contribution < -0.4 is 14.8 Å². The van der Waals surface area contributed by atoms with E-state index in [0.717, 1.165) is 12.1 Å². The van der Waals surface area contributed by atoms with Crippen molar-refractivity contribution in [3.05, 3.63) is 23.8 Å². The van der Waals surface area contributed by atoms with E-state index < -0.39 is 5.60 Å². The summed E-state index contributed by atoms with van der Waals surface area (Å²) in [5.41, 5.74) is 0.384. The van der Waals surface area contributed by atoms with Gasteiger partial charge in [0.25, 0.3) is 0 Å². The van der Waals surface area contributed by atoms with E-state index >= 15 is 0 Å². The Hall–Kier alpha value is -1.95. The molecule has 2 rings (SSSR count). The van der Waals surface area contributed by atoms with E-state index in [0.29, 0.717) is 24.6 Å². The molecule has 1 saturated heterocycles. The quantitative estimate of drug-likeness (QED) is 0.927.